The van der Waals surface area contributed by atoms with Crippen LogP contribution in [0.5, 0.6) is 0 Å². The smallest absolute Gasteiger partial charge is 0.0923 e. The van der Waals surface area contributed by atoms with E-state index in [0.29, 0.717) is 0 Å². The molecule has 0 radical (unpaired) electrons. The fourth-order valence-electron chi connectivity index (χ4n) is 1.23. The Morgan fingerprint density at radius 1 is 1.12 bits per heavy atom. The second kappa shape index (κ2) is 7.15. The Kier molecular flexibility index (Phi) is 6.17. The fourth-order valence-corrected chi connectivity index (χ4v) is 2.73. The molecule has 1 aromatic carbocycles. The van der Waals surface area contributed by atoms with Crippen LogP contribution in [0.3, 0.4) is 0 Å². The lowest BCUT2D eigenvalue weighted by Gasteiger charge is -2.15. The Hall–Kier alpha value is -0.253. The molecule has 1 nitrogen and oxygen atoms in total. The Balaban J connectivity index is 2.01. The molecule has 0 aromatic heterocycles. The van der Waals surface area contributed by atoms with Crippen molar-refractivity contribution in [2.45, 2.75) is 31.4 Å². The standard InChI is InChI=1S/C13H22OSSi/c1-16(2,3)10-9-14-12-15-11-13-7-5-4-6-8-13/h4-8H,9-12H2,1-3H3. The molecule has 0 aliphatic carbocycles. The van der Waals surface area contributed by atoms with Crippen molar-refractivity contribution < 1.29 is 4.74 Å². The lowest BCUT2D eigenvalue weighted by Crippen LogP contribution is -2.21. The molecule has 0 spiro atoms. The molecule has 0 saturated carbocycles. The summed E-state index contributed by atoms with van der Waals surface area (Å²) >= 11 is 1.85. The van der Waals surface area contributed by atoms with Crippen molar-refractivity contribution in [1.29, 1.82) is 0 Å². The number of benzene rings is 1. The van der Waals surface area contributed by atoms with E-state index in [1.807, 2.05) is 11.8 Å². The summed E-state index contributed by atoms with van der Waals surface area (Å²) < 4.78 is 5.63. The van der Waals surface area contributed by atoms with Crippen LogP contribution < -0.4 is 0 Å². The fraction of sp³-hybridized carbons (Fsp3) is 0.538. The number of hydrogen-bond acceptors (Lipinski definition) is 2. The van der Waals surface area contributed by atoms with Crippen molar-refractivity contribution in [3.05, 3.63) is 35.9 Å². The summed E-state index contributed by atoms with van der Waals surface area (Å²) in [5, 5.41) is 0. The van der Waals surface area contributed by atoms with Crippen molar-refractivity contribution in [1.82, 2.24) is 0 Å². The summed E-state index contributed by atoms with van der Waals surface area (Å²) in [6, 6.07) is 11.8. The number of thioether (sulfide) groups is 1. The van der Waals surface area contributed by atoms with E-state index in [-0.39, 0.29) is 0 Å². The van der Waals surface area contributed by atoms with E-state index in [4.69, 9.17) is 4.74 Å². The van der Waals surface area contributed by atoms with E-state index >= 15 is 0 Å². The van der Waals surface area contributed by atoms with Gasteiger partial charge in [0.15, 0.2) is 0 Å². The van der Waals surface area contributed by atoms with Gasteiger partial charge in [-0.15, -0.1) is 11.8 Å². The molecule has 0 saturated heterocycles. The first-order valence-corrected chi connectivity index (χ1v) is 10.6. The lowest BCUT2D eigenvalue weighted by molar-refractivity contribution is 0.198. The van der Waals surface area contributed by atoms with Gasteiger partial charge < -0.3 is 4.74 Å². The number of ether oxygens (including phenoxy) is 1. The molecule has 1 rings (SSSR count). The van der Waals surface area contributed by atoms with E-state index in [0.717, 1.165) is 18.3 Å². The highest BCUT2D eigenvalue weighted by atomic mass is 32.2. The Morgan fingerprint density at radius 2 is 1.81 bits per heavy atom. The number of rotatable bonds is 7. The minimum absolute atomic E-state index is 0.819. The monoisotopic (exact) mass is 254 g/mol. The first-order chi connectivity index (χ1) is 7.58. The zero-order chi connectivity index (χ0) is 11.9. The maximum Gasteiger partial charge on any atom is 0.0923 e. The molecule has 0 bridgehead atoms. The molecule has 3 heteroatoms. The summed E-state index contributed by atoms with van der Waals surface area (Å²) in [6.07, 6.45) is 0. The first-order valence-electron chi connectivity index (χ1n) is 5.77. The van der Waals surface area contributed by atoms with E-state index in [9.17, 15) is 0 Å². The predicted molar refractivity (Wildman–Crippen MR) is 76.7 cm³/mol. The van der Waals surface area contributed by atoms with Crippen LogP contribution in [-0.2, 0) is 10.5 Å². The van der Waals surface area contributed by atoms with E-state index in [1.54, 1.807) is 0 Å². The summed E-state index contributed by atoms with van der Waals surface area (Å²) in [5.74, 6) is 1.87. The Labute approximate surface area is 105 Å². The second-order valence-corrected chi connectivity index (χ2v) is 11.7. The molecule has 0 atom stereocenters. The van der Waals surface area contributed by atoms with E-state index in [1.165, 1.54) is 11.6 Å². The van der Waals surface area contributed by atoms with Gasteiger partial charge in [-0.2, -0.15) is 0 Å². The predicted octanol–water partition coefficient (Wildman–Crippen LogP) is 4.23. The second-order valence-electron chi connectivity index (χ2n) is 5.17. The molecular weight excluding hydrogens is 232 g/mol. The normalized spacial score (nSPS) is 11.7. The quantitative estimate of drug-likeness (QED) is 0.409. The molecule has 0 heterocycles. The Morgan fingerprint density at radius 3 is 2.44 bits per heavy atom. The summed E-state index contributed by atoms with van der Waals surface area (Å²) in [7, 11) is -0.916. The van der Waals surface area contributed by atoms with Crippen LogP contribution in [0.4, 0.5) is 0 Å². The lowest BCUT2D eigenvalue weighted by atomic mass is 10.2. The third kappa shape index (κ3) is 7.09. The summed E-state index contributed by atoms with van der Waals surface area (Å²) in [5.41, 5.74) is 1.38. The molecule has 1 aromatic rings. The topological polar surface area (TPSA) is 9.23 Å². The zero-order valence-corrected chi connectivity index (χ0v) is 12.3. The highest BCUT2D eigenvalue weighted by Crippen LogP contribution is 2.13. The summed E-state index contributed by atoms with van der Waals surface area (Å²) in [6.45, 7) is 8.08. The maximum absolute atomic E-state index is 5.63. The van der Waals surface area contributed by atoms with Gasteiger partial charge in [0.2, 0.25) is 0 Å². The van der Waals surface area contributed by atoms with Gasteiger partial charge in [-0.25, -0.2) is 0 Å². The third-order valence-corrected chi connectivity index (χ3v) is 4.85. The van der Waals surface area contributed by atoms with Crippen LogP contribution in [0.2, 0.25) is 25.7 Å². The van der Waals surface area contributed by atoms with Crippen LogP contribution in [0.25, 0.3) is 0 Å². The molecule has 16 heavy (non-hydrogen) atoms. The van der Waals surface area contributed by atoms with Crippen molar-refractivity contribution >= 4 is 19.8 Å². The number of hydrogen-bond donors (Lipinski definition) is 0. The SMILES string of the molecule is C[Si](C)(C)CCOCSCc1ccccc1. The van der Waals surface area contributed by atoms with E-state index in [2.05, 4.69) is 50.0 Å². The zero-order valence-electron chi connectivity index (χ0n) is 10.5. The average Bonchev–Trinajstić information content (AvgIpc) is 2.23. The van der Waals surface area contributed by atoms with Gasteiger partial charge in [-0.3, -0.25) is 0 Å². The highest BCUT2D eigenvalue weighted by molar-refractivity contribution is 7.98. The van der Waals surface area contributed by atoms with Crippen molar-refractivity contribution in [2.24, 2.45) is 0 Å². The maximum atomic E-state index is 5.63. The first kappa shape index (κ1) is 13.8. The molecule has 90 valence electrons. The van der Waals surface area contributed by atoms with Crippen LogP contribution in [0.1, 0.15) is 5.56 Å². The van der Waals surface area contributed by atoms with Gasteiger partial charge in [0.1, 0.15) is 0 Å². The molecule has 0 aliphatic heterocycles. The van der Waals surface area contributed by atoms with Crippen LogP contribution in [0.15, 0.2) is 30.3 Å². The van der Waals surface area contributed by atoms with Gasteiger partial charge in [0.25, 0.3) is 0 Å². The highest BCUT2D eigenvalue weighted by Gasteiger charge is 2.11. The van der Waals surface area contributed by atoms with Crippen molar-refractivity contribution in [2.75, 3.05) is 12.5 Å². The van der Waals surface area contributed by atoms with Crippen LogP contribution in [0, 0.1) is 0 Å². The molecule has 0 N–H and O–H groups in total. The van der Waals surface area contributed by atoms with Gasteiger partial charge in [-0.05, 0) is 11.6 Å². The molecule has 0 amide bonds. The van der Waals surface area contributed by atoms with Gasteiger partial charge in [0.05, 0.1) is 5.94 Å². The van der Waals surface area contributed by atoms with Crippen LogP contribution in [-0.4, -0.2) is 20.6 Å². The van der Waals surface area contributed by atoms with Gasteiger partial charge >= 0.3 is 0 Å². The molecule has 0 aliphatic rings. The minimum atomic E-state index is -0.916. The van der Waals surface area contributed by atoms with Crippen LogP contribution >= 0.6 is 11.8 Å². The molecule has 0 unspecified atom stereocenters. The Bertz CT molecular complexity index is 282. The van der Waals surface area contributed by atoms with Crippen molar-refractivity contribution in [3.63, 3.8) is 0 Å². The largest absolute Gasteiger partial charge is 0.371 e. The van der Waals surface area contributed by atoms with E-state index < -0.39 is 8.07 Å². The van der Waals surface area contributed by atoms with Gasteiger partial charge in [-0.1, -0.05) is 50.0 Å². The molecular formula is C13H22OSSi. The van der Waals surface area contributed by atoms with Crippen molar-refractivity contribution in [3.8, 4) is 0 Å². The third-order valence-electron chi connectivity index (χ3n) is 2.27. The van der Waals surface area contributed by atoms with Gasteiger partial charge in [0, 0.05) is 20.4 Å². The molecule has 0 fully saturated rings. The minimum Gasteiger partial charge on any atom is -0.371 e. The average molecular weight is 254 g/mol. The summed E-state index contributed by atoms with van der Waals surface area (Å²) in [4.78, 5) is 0.